The molecule has 0 aliphatic heterocycles. The first kappa shape index (κ1) is 13.5. The number of benzene rings is 1. The minimum Gasteiger partial charge on any atom is -0.492 e. The van der Waals surface area contributed by atoms with Crippen LogP contribution in [0, 0.1) is 12.8 Å². The summed E-state index contributed by atoms with van der Waals surface area (Å²) in [6.07, 6.45) is -0.602. The number of rotatable bonds is 5. The van der Waals surface area contributed by atoms with Gasteiger partial charge in [-0.1, -0.05) is 19.1 Å². The minimum absolute atomic E-state index is 0.221. The molecule has 0 saturated carbocycles. The molecule has 94 valence electrons. The van der Waals surface area contributed by atoms with E-state index in [0.29, 0.717) is 11.3 Å². The number of carbonyl (C=O) groups excluding carboxylic acids is 1. The monoisotopic (exact) mass is 237 g/mol. The van der Waals surface area contributed by atoms with Gasteiger partial charge in [0.15, 0.2) is 0 Å². The Kier molecular flexibility index (Phi) is 4.52. The molecule has 0 spiro atoms. The van der Waals surface area contributed by atoms with Crippen LogP contribution < -0.4 is 10.5 Å². The van der Waals surface area contributed by atoms with E-state index in [1.54, 1.807) is 13.8 Å². The van der Waals surface area contributed by atoms with E-state index in [4.69, 9.17) is 10.5 Å². The van der Waals surface area contributed by atoms with Crippen LogP contribution >= 0.6 is 0 Å². The molecular formula is C13H19NO3. The predicted octanol–water partition coefficient (Wildman–Crippen LogP) is 1.55. The number of hydrogen-bond acceptors (Lipinski definition) is 3. The summed E-state index contributed by atoms with van der Waals surface area (Å²) < 4.78 is 5.54. The molecule has 4 nitrogen and oxygen atoms in total. The lowest BCUT2D eigenvalue weighted by Crippen LogP contribution is -2.26. The number of nitrogens with two attached hydrogens (primary N) is 1. The zero-order valence-electron chi connectivity index (χ0n) is 10.4. The summed E-state index contributed by atoms with van der Waals surface area (Å²) in [4.78, 5) is 10.9. The summed E-state index contributed by atoms with van der Waals surface area (Å²) in [5, 5.41) is 9.60. The van der Waals surface area contributed by atoms with Gasteiger partial charge in [0.05, 0.1) is 18.6 Å². The quantitative estimate of drug-likeness (QED) is 0.816. The molecule has 1 rings (SSSR count). The first-order valence-corrected chi connectivity index (χ1v) is 5.62. The zero-order chi connectivity index (χ0) is 13.0. The number of hydrogen-bond donors (Lipinski definition) is 2. The minimum atomic E-state index is -0.602. The van der Waals surface area contributed by atoms with E-state index in [0.717, 1.165) is 5.56 Å². The number of aliphatic hydroxyl groups excluding tert-OH is 1. The maximum atomic E-state index is 10.9. The lowest BCUT2D eigenvalue weighted by molar-refractivity contribution is -0.122. The number of aliphatic hydroxyl groups is 1. The number of primary amides is 1. The van der Waals surface area contributed by atoms with Gasteiger partial charge in [-0.3, -0.25) is 4.79 Å². The number of carbonyl (C=O) groups is 1. The highest BCUT2D eigenvalue weighted by Crippen LogP contribution is 2.26. The van der Waals surface area contributed by atoms with Crippen LogP contribution in [0.25, 0.3) is 0 Å². The highest BCUT2D eigenvalue weighted by atomic mass is 16.5. The molecule has 0 aliphatic rings. The maximum Gasteiger partial charge on any atom is 0.223 e. The van der Waals surface area contributed by atoms with Crippen LogP contribution in [0.1, 0.15) is 31.1 Å². The van der Waals surface area contributed by atoms with Crippen LogP contribution in [-0.2, 0) is 4.79 Å². The van der Waals surface area contributed by atoms with Gasteiger partial charge in [-0.15, -0.1) is 0 Å². The Morgan fingerprint density at radius 3 is 2.65 bits per heavy atom. The molecule has 4 heteroatoms. The molecule has 1 aromatic rings. The van der Waals surface area contributed by atoms with Crippen LogP contribution in [0.5, 0.6) is 5.75 Å². The van der Waals surface area contributed by atoms with Crippen molar-refractivity contribution >= 4 is 5.91 Å². The second-order valence-electron chi connectivity index (χ2n) is 4.33. The van der Waals surface area contributed by atoms with Crippen molar-refractivity contribution < 1.29 is 14.6 Å². The van der Waals surface area contributed by atoms with E-state index in [-0.39, 0.29) is 12.5 Å². The van der Waals surface area contributed by atoms with Crippen molar-refractivity contribution in [1.82, 2.24) is 0 Å². The predicted molar refractivity (Wildman–Crippen MR) is 65.7 cm³/mol. The van der Waals surface area contributed by atoms with Crippen molar-refractivity contribution in [3.63, 3.8) is 0 Å². The third kappa shape index (κ3) is 3.75. The van der Waals surface area contributed by atoms with Crippen molar-refractivity contribution in [3.05, 3.63) is 29.3 Å². The molecule has 17 heavy (non-hydrogen) atoms. The second kappa shape index (κ2) is 5.68. The smallest absolute Gasteiger partial charge is 0.223 e. The highest BCUT2D eigenvalue weighted by molar-refractivity contribution is 5.76. The fourth-order valence-electron chi connectivity index (χ4n) is 1.41. The molecule has 0 radical (unpaired) electrons. The summed E-state index contributed by atoms with van der Waals surface area (Å²) in [6.45, 7) is 5.55. The fourth-order valence-corrected chi connectivity index (χ4v) is 1.41. The average molecular weight is 237 g/mol. The van der Waals surface area contributed by atoms with Crippen molar-refractivity contribution in [1.29, 1.82) is 0 Å². The van der Waals surface area contributed by atoms with E-state index >= 15 is 0 Å². The van der Waals surface area contributed by atoms with Gasteiger partial charge in [0.2, 0.25) is 5.91 Å². The molecule has 1 amide bonds. The van der Waals surface area contributed by atoms with Crippen LogP contribution in [0.2, 0.25) is 0 Å². The van der Waals surface area contributed by atoms with E-state index < -0.39 is 12.0 Å². The van der Waals surface area contributed by atoms with E-state index in [9.17, 15) is 9.90 Å². The molecule has 2 atom stereocenters. The van der Waals surface area contributed by atoms with E-state index in [1.807, 2.05) is 25.1 Å². The molecule has 3 N–H and O–H groups in total. The lowest BCUT2D eigenvalue weighted by Gasteiger charge is -2.16. The van der Waals surface area contributed by atoms with Gasteiger partial charge in [0.25, 0.3) is 0 Å². The van der Waals surface area contributed by atoms with Gasteiger partial charge in [0.1, 0.15) is 5.75 Å². The summed E-state index contributed by atoms with van der Waals surface area (Å²) in [6, 6.07) is 5.58. The average Bonchev–Trinajstić information content (AvgIpc) is 2.25. The third-order valence-corrected chi connectivity index (χ3v) is 2.59. The van der Waals surface area contributed by atoms with Gasteiger partial charge in [-0.05, 0) is 25.5 Å². The van der Waals surface area contributed by atoms with Gasteiger partial charge in [-0.2, -0.15) is 0 Å². The normalized spacial score (nSPS) is 14.1. The molecule has 0 aliphatic carbocycles. The highest BCUT2D eigenvalue weighted by Gasteiger charge is 2.13. The SMILES string of the molecule is Cc1ccc(C(C)O)c(OCC(C)C(N)=O)c1. The molecule has 0 bridgehead atoms. The van der Waals surface area contributed by atoms with Crippen LogP contribution in [-0.4, -0.2) is 17.6 Å². The number of amides is 1. The Morgan fingerprint density at radius 1 is 1.47 bits per heavy atom. The summed E-state index contributed by atoms with van der Waals surface area (Å²) >= 11 is 0. The summed E-state index contributed by atoms with van der Waals surface area (Å²) in [7, 11) is 0. The van der Waals surface area contributed by atoms with Gasteiger partial charge in [-0.25, -0.2) is 0 Å². The molecule has 0 fully saturated rings. The lowest BCUT2D eigenvalue weighted by atomic mass is 10.1. The molecule has 0 aromatic heterocycles. The molecule has 0 saturated heterocycles. The summed E-state index contributed by atoms with van der Waals surface area (Å²) in [5.74, 6) is -0.137. The Morgan fingerprint density at radius 2 is 2.12 bits per heavy atom. The Bertz CT molecular complexity index is 402. The largest absolute Gasteiger partial charge is 0.492 e. The topological polar surface area (TPSA) is 72.6 Å². The van der Waals surface area contributed by atoms with Crippen LogP contribution in [0.3, 0.4) is 0 Å². The van der Waals surface area contributed by atoms with Gasteiger partial charge < -0.3 is 15.6 Å². The van der Waals surface area contributed by atoms with E-state index in [2.05, 4.69) is 0 Å². The van der Waals surface area contributed by atoms with Crippen molar-refractivity contribution in [2.45, 2.75) is 26.9 Å². The number of ether oxygens (including phenoxy) is 1. The third-order valence-electron chi connectivity index (χ3n) is 2.59. The number of aryl methyl sites for hydroxylation is 1. The zero-order valence-corrected chi connectivity index (χ0v) is 10.4. The molecule has 1 aromatic carbocycles. The van der Waals surface area contributed by atoms with Crippen molar-refractivity contribution in [2.75, 3.05) is 6.61 Å². The fraction of sp³-hybridized carbons (Fsp3) is 0.462. The van der Waals surface area contributed by atoms with Crippen LogP contribution in [0.4, 0.5) is 0 Å². The Hall–Kier alpha value is -1.55. The van der Waals surface area contributed by atoms with Crippen LogP contribution in [0.15, 0.2) is 18.2 Å². The maximum absolute atomic E-state index is 10.9. The summed E-state index contributed by atoms with van der Waals surface area (Å²) in [5.41, 5.74) is 6.91. The van der Waals surface area contributed by atoms with Gasteiger partial charge >= 0.3 is 0 Å². The van der Waals surface area contributed by atoms with Gasteiger partial charge in [0, 0.05) is 5.56 Å². The van der Waals surface area contributed by atoms with Crippen molar-refractivity contribution in [2.24, 2.45) is 11.7 Å². The standard InChI is InChI=1S/C13H19NO3/c1-8-4-5-11(10(3)15)12(6-8)17-7-9(2)13(14)16/h4-6,9-10,15H,7H2,1-3H3,(H2,14,16). The molecular weight excluding hydrogens is 218 g/mol. The first-order valence-electron chi connectivity index (χ1n) is 5.62. The molecule has 2 unspecified atom stereocenters. The second-order valence-corrected chi connectivity index (χ2v) is 4.33. The Balaban J connectivity index is 2.82. The van der Waals surface area contributed by atoms with E-state index in [1.165, 1.54) is 0 Å². The first-order chi connectivity index (χ1) is 7.91. The molecule has 0 heterocycles. The Labute approximate surface area is 101 Å². The van der Waals surface area contributed by atoms with Crippen molar-refractivity contribution in [3.8, 4) is 5.75 Å².